The summed E-state index contributed by atoms with van der Waals surface area (Å²) in [6.45, 7) is 9.68. The van der Waals surface area contributed by atoms with Gasteiger partial charge in [0.15, 0.2) is 0 Å². The van der Waals surface area contributed by atoms with Gasteiger partial charge in [0.2, 0.25) is 0 Å². The Bertz CT molecular complexity index is 629. The maximum Gasteiger partial charge on any atom is 0.119 e. The first-order valence-corrected chi connectivity index (χ1v) is 9.44. The van der Waals surface area contributed by atoms with E-state index in [1.165, 1.54) is 17.5 Å². The second kappa shape index (κ2) is 12.2. The first-order valence-electron chi connectivity index (χ1n) is 9.44. The number of halogens is 2. The van der Waals surface area contributed by atoms with Crippen molar-refractivity contribution in [3.63, 3.8) is 0 Å². The predicted molar refractivity (Wildman–Crippen MR) is 118 cm³/mol. The number of nitrogens with zero attached hydrogens (tertiary/aromatic N) is 1. The molecule has 3 nitrogen and oxygen atoms in total. The molecular formula is C22H32Cl2N2O. The Labute approximate surface area is 176 Å². The summed E-state index contributed by atoms with van der Waals surface area (Å²) in [6, 6.07) is 19.5. The summed E-state index contributed by atoms with van der Waals surface area (Å²) in [6.07, 6.45) is 1.20. The van der Waals surface area contributed by atoms with Gasteiger partial charge >= 0.3 is 0 Å². The van der Waals surface area contributed by atoms with E-state index in [1.807, 2.05) is 18.2 Å². The third-order valence-corrected chi connectivity index (χ3v) is 4.80. The minimum atomic E-state index is 0. The molecule has 1 atom stereocenters. The highest BCUT2D eigenvalue weighted by atomic mass is 35.5. The summed E-state index contributed by atoms with van der Waals surface area (Å²) in [5.74, 6) is 1.63. The van der Waals surface area contributed by atoms with Crippen LogP contribution in [0.4, 0.5) is 0 Å². The fraction of sp³-hybridized carbons (Fsp3) is 0.455. The molecule has 0 spiro atoms. The van der Waals surface area contributed by atoms with Crippen molar-refractivity contribution in [1.82, 2.24) is 10.2 Å². The molecule has 0 bridgehead atoms. The monoisotopic (exact) mass is 410 g/mol. The van der Waals surface area contributed by atoms with Crippen LogP contribution in [0.25, 0.3) is 0 Å². The molecule has 0 aromatic heterocycles. The maximum absolute atomic E-state index is 5.93. The van der Waals surface area contributed by atoms with E-state index in [0.717, 1.165) is 31.9 Å². The summed E-state index contributed by atoms with van der Waals surface area (Å²) in [7, 11) is 0. The molecule has 0 radical (unpaired) electrons. The van der Waals surface area contributed by atoms with Crippen molar-refractivity contribution < 1.29 is 4.74 Å². The van der Waals surface area contributed by atoms with Gasteiger partial charge in [0.05, 0.1) is 0 Å². The summed E-state index contributed by atoms with van der Waals surface area (Å²) in [5.41, 5.74) is 2.60. The van der Waals surface area contributed by atoms with E-state index in [1.54, 1.807) is 0 Å². The minimum Gasteiger partial charge on any atom is -0.489 e. The molecule has 1 aliphatic rings. The second-order valence-corrected chi connectivity index (χ2v) is 7.27. The van der Waals surface area contributed by atoms with Gasteiger partial charge in [-0.15, -0.1) is 24.8 Å². The van der Waals surface area contributed by atoms with E-state index in [2.05, 4.69) is 60.5 Å². The lowest BCUT2D eigenvalue weighted by atomic mass is 9.95. The van der Waals surface area contributed by atoms with Gasteiger partial charge in [-0.25, -0.2) is 0 Å². The van der Waals surface area contributed by atoms with E-state index >= 15 is 0 Å². The van der Waals surface area contributed by atoms with Crippen LogP contribution in [0.2, 0.25) is 0 Å². The van der Waals surface area contributed by atoms with Gasteiger partial charge in [0.1, 0.15) is 12.4 Å². The maximum atomic E-state index is 5.93. The number of nitrogens with one attached hydrogen (secondary N) is 1. The van der Waals surface area contributed by atoms with E-state index in [0.29, 0.717) is 18.6 Å². The average molecular weight is 411 g/mol. The van der Waals surface area contributed by atoms with Crippen molar-refractivity contribution in [2.75, 3.05) is 26.2 Å². The van der Waals surface area contributed by atoms with E-state index in [9.17, 15) is 0 Å². The molecule has 27 heavy (non-hydrogen) atoms. The lowest BCUT2D eigenvalue weighted by molar-refractivity contribution is 0.154. The zero-order valence-corrected chi connectivity index (χ0v) is 17.9. The van der Waals surface area contributed by atoms with Gasteiger partial charge in [-0.05, 0) is 35.6 Å². The normalized spacial score (nSPS) is 15.5. The largest absolute Gasteiger partial charge is 0.489 e. The Balaban J connectivity index is 0.00000182. The molecule has 1 fully saturated rings. The smallest absolute Gasteiger partial charge is 0.119 e. The Kier molecular flexibility index (Phi) is 10.8. The molecule has 150 valence electrons. The molecule has 0 saturated carbocycles. The zero-order valence-electron chi connectivity index (χ0n) is 16.3. The van der Waals surface area contributed by atoms with Crippen molar-refractivity contribution in [1.29, 1.82) is 0 Å². The summed E-state index contributed by atoms with van der Waals surface area (Å²) < 4.78 is 5.93. The molecule has 5 heteroatoms. The van der Waals surface area contributed by atoms with Crippen molar-refractivity contribution >= 4 is 24.8 Å². The van der Waals surface area contributed by atoms with Gasteiger partial charge in [-0.3, -0.25) is 4.90 Å². The third-order valence-electron chi connectivity index (χ3n) is 4.80. The van der Waals surface area contributed by atoms with Crippen LogP contribution in [0.1, 0.15) is 37.4 Å². The number of rotatable bonds is 7. The topological polar surface area (TPSA) is 24.5 Å². The van der Waals surface area contributed by atoms with Gasteiger partial charge in [-0.2, -0.15) is 0 Å². The first kappa shape index (κ1) is 23.8. The third kappa shape index (κ3) is 7.34. The fourth-order valence-corrected chi connectivity index (χ4v) is 3.46. The van der Waals surface area contributed by atoms with Gasteiger partial charge < -0.3 is 10.1 Å². The van der Waals surface area contributed by atoms with Crippen LogP contribution < -0.4 is 10.1 Å². The summed E-state index contributed by atoms with van der Waals surface area (Å²) in [5, 5.41) is 3.45. The predicted octanol–water partition coefficient (Wildman–Crippen LogP) is 5.10. The van der Waals surface area contributed by atoms with Crippen LogP contribution in [0.15, 0.2) is 54.6 Å². The highest BCUT2D eigenvalue weighted by Gasteiger charge is 2.22. The molecule has 3 rings (SSSR count). The fourth-order valence-electron chi connectivity index (χ4n) is 3.46. The van der Waals surface area contributed by atoms with Crippen LogP contribution in [0.5, 0.6) is 5.75 Å². The van der Waals surface area contributed by atoms with Gasteiger partial charge in [0.25, 0.3) is 0 Å². The molecule has 1 saturated heterocycles. The highest BCUT2D eigenvalue weighted by Crippen LogP contribution is 2.29. The first-order chi connectivity index (χ1) is 12.2. The van der Waals surface area contributed by atoms with Crippen LogP contribution >= 0.6 is 24.8 Å². The standard InChI is InChI=1S/C22H30N2O.2ClH/c1-18(2)16-22(24-14-12-23-13-15-24)20-8-10-21(11-9-20)25-17-19-6-4-3-5-7-19;;/h3-11,18,22-23H,12-17H2,1-2H3;2*1H/t22-;;/m0../s1. The van der Waals surface area contributed by atoms with Gasteiger partial charge in [-0.1, -0.05) is 56.3 Å². The van der Waals surface area contributed by atoms with E-state index in [-0.39, 0.29) is 24.8 Å². The second-order valence-electron chi connectivity index (χ2n) is 7.27. The van der Waals surface area contributed by atoms with Crippen LogP contribution in [0, 0.1) is 5.92 Å². The van der Waals surface area contributed by atoms with Crippen LogP contribution in [0.3, 0.4) is 0 Å². The summed E-state index contributed by atoms with van der Waals surface area (Å²) >= 11 is 0. The number of benzene rings is 2. The number of ether oxygens (including phenoxy) is 1. The summed E-state index contributed by atoms with van der Waals surface area (Å²) in [4.78, 5) is 2.62. The number of hydrogen-bond acceptors (Lipinski definition) is 3. The van der Waals surface area contributed by atoms with Crippen molar-refractivity contribution in [3.05, 3.63) is 65.7 Å². The minimum absolute atomic E-state index is 0. The lowest BCUT2D eigenvalue weighted by Crippen LogP contribution is -2.45. The van der Waals surface area contributed by atoms with Crippen molar-refractivity contribution in [2.24, 2.45) is 5.92 Å². The van der Waals surface area contributed by atoms with Crippen LogP contribution in [-0.4, -0.2) is 31.1 Å². The molecule has 1 aliphatic heterocycles. The Morgan fingerprint density at radius 1 is 0.926 bits per heavy atom. The molecule has 0 aliphatic carbocycles. The van der Waals surface area contributed by atoms with E-state index < -0.39 is 0 Å². The average Bonchev–Trinajstić information content (AvgIpc) is 2.66. The Morgan fingerprint density at radius 3 is 2.15 bits per heavy atom. The van der Waals surface area contributed by atoms with Crippen LogP contribution in [-0.2, 0) is 6.61 Å². The number of hydrogen-bond donors (Lipinski definition) is 1. The molecule has 1 N–H and O–H groups in total. The van der Waals surface area contributed by atoms with Gasteiger partial charge in [0, 0.05) is 32.2 Å². The lowest BCUT2D eigenvalue weighted by Gasteiger charge is -2.36. The quantitative estimate of drug-likeness (QED) is 0.686. The van der Waals surface area contributed by atoms with E-state index in [4.69, 9.17) is 4.74 Å². The zero-order chi connectivity index (χ0) is 17.5. The SMILES string of the molecule is CC(C)C[C@@H](c1ccc(OCc2ccccc2)cc1)N1CCNCC1.Cl.Cl. The molecule has 2 aromatic carbocycles. The molecule has 1 heterocycles. The molecular weight excluding hydrogens is 379 g/mol. The molecule has 0 amide bonds. The highest BCUT2D eigenvalue weighted by molar-refractivity contribution is 5.85. The van der Waals surface area contributed by atoms with Crippen molar-refractivity contribution in [3.8, 4) is 5.75 Å². The van der Waals surface area contributed by atoms with Crippen molar-refractivity contribution in [2.45, 2.75) is 32.9 Å². The number of piperazine rings is 1. The molecule has 0 unspecified atom stereocenters. The Hall–Kier alpha value is -1.26. The molecule has 2 aromatic rings. The Morgan fingerprint density at radius 2 is 1.56 bits per heavy atom.